The van der Waals surface area contributed by atoms with Gasteiger partial charge in [-0.3, -0.25) is 0 Å². The number of fused-ring (bicyclic) bond motifs is 1. The Balaban J connectivity index is 0.825. The Kier molecular flexibility index (Phi) is 13.1. The summed E-state index contributed by atoms with van der Waals surface area (Å²) >= 11 is 0. The number of benzene rings is 13. The van der Waals surface area contributed by atoms with Gasteiger partial charge in [-0.2, -0.15) is 0 Å². The number of anilines is 6. The zero-order chi connectivity index (χ0) is 52.0. The number of nitrogens with zero attached hydrogens (tertiary/aromatic N) is 2. The van der Waals surface area contributed by atoms with Crippen LogP contribution in [-0.4, -0.2) is 0 Å². The minimum atomic E-state index is 1.08. The molecule has 78 heavy (non-hydrogen) atoms. The van der Waals surface area contributed by atoms with Gasteiger partial charge in [-0.1, -0.05) is 237 Å². The summed E-state index contributed by atoms with van der Waals surface area (Å²) in [5.41, 5.74) is 23.1. The zero-order valence-corrected chi connectivity index (χ0v) is 43.1. The maximum absolute atomic E-state index is 2.39. The Bertz CT molecular complexity index is 4060. The monoisotopic (exact) mass is 994 g/mol. The molecule has 0 N–H and O–H groups in total. The Morgan fingerprint density at radius 2 is 0.397 bits per heavy atom. The van der Waals surface area contributed by atoms with Gasteiger partial charge in [0.25, 0.3) is 0 Å². The van der Waals surface area contributed by atoms with Crippen molar-refractivity contribution in [1.82, 2.24) is 0 Å². The molecular formula is C76H54N2. The van der Waals surface area contributed by atoms with E-state index in [2.05, 4.69) is 337 Å². The molecule has 0 aliphatic carbocycles. The maximum Gasteiger partial charge on any atom is 0.0540 e. The summed E-state index contributed by atoms with van der Waals surface area (Å²) in [7, 11) is 0. The fourth-order valence-electron chi connectivity index (χ4n) is 10.8. The molecule has 0 spiro atoms. The number of hydrogen-bond acceptors (Lipinski definition) is 2. The molecule has 0 aromatic heterocycles. The van der Waals surface area contributed by atoms with Crippen molar-refractivity contribution in [2.24, 2.45) is 0 Å². The SMILES string of the molecule is c1ccc(-c2ccc(N(c3ccc(-c4ccc(N(c5ccc(-c6cc(-c7ccccc7)cc(-c7ccccc7)c6)cc5)c5cccc6ccccc56)cc4)cc3)c3ccc(-c4cccc(-c5ccccc5)c4)cc3)cc2)cc1. The van der Waals surface area contributed by atoms with Gasteiger partial charge in [-0.05, 0) is 174 Å². The molecule has 0 amide bonds. The van der Waals surface area contributed by atoms with E-state index < -0.39 is 0 Å². The van der Waals surface area contributed by atoms with E-state index in [-0.39, 0.29) is 0 Å². The van der Waals surface area contributed by atoms with E-state index in [4.69, 9.17) is 0 Å². The standard InChI is InChI=1S/C76H54N2/c1-5-17-55(18-6-1)59-31-41-70(42-32-59)77(72-45-37-62(38-46-72)66-28-15-27-65(51-66)56-19-7-2-8-20-56)71-43-33-60(34-44-71)61-35-47-73(48-36-61)78(76-30-16-26-64-25-13-14-29-75(64)76)74-49-39-63(40-50-74)69-53-67(57-21-9-3-10-22-57)52-68(54-69)58-23-11-4-12-24-58/h1-54H. The van der Waals surface area contributed by atoms with Crippen LogP contribution < -0.4 is 9.80 Å². The summed E-state index contributed by atoms with van der Waals surface area (Å²) in [5, 5.41) is 2.39. The Morgan fingerprint density at radius 3 is 0.795 bits per heavy atom. The Labute approximate surface area is 457 Å². The van der Waals surface area contributed by atoms with Crippen LogP contribution in [-0.2, 0) is 0 Å². The molecule has 0 atom stereocenters. The van der Waals surface area contributed by atoms with Gasteiger partial charge >= 0.3 is 0 Å². The lowest BCUT2D eigenvalue weighted by Gasteiger charge is -2.27. The predicted octanol–water partition coefficient (Wildman–Crippen LogP) is 21.4. The summed E-state index contributed by atoms with van der Waals surface area (Å²) in [6, 6.07) is 118. The van der Waals surface area contributed by atoms with Crippen molar-refractivity contribution in [3.05, 3.63) is 328 Å². The van der Waals surface area contributed by atoms with Crippen molar-refractivity contribution in [2.45, 2.75) is 0 Å². The second-order valence-electron chi connectivity index (χ2n) is 19.7. The highest BCUT2D eigenvalue weighted by Crippen LogP contribution is 2.43. The highest BCUT2D eigenvalue weighted by molar-refractivity contribution is 5.99. The van der Waals surface area contributed by atoms with Gasteiger partial charge in [0.15, 0.2) is 0 Å². The summed E-state index contributed by atoms with van der Waals surface area (Å²) in [6.45, 7) is 0. The summed E-state index contributed by atoms with van der Waals surface area (Å²) in [5.74, 6) is 0. The van der Waals surface area contributed by atoms with Crippen LogP contribution in [0.4, 0.5) is 34.1 Å². The molecule has 0 unspecified atom stereocenters. The third-order valence-electron chi connectivity index (χ3n) is 14.9. The van der Waals surface area contributed by atoms with E-state index in [1.54, 1.807) is 0 Å². The fourth-order valence-corrected chi connectivity index (χ4v) is 10.8. The second-order valence-corrected chi connectivity index (χ2v) is 19.7. The van der Waals surface area contributed by atoms with Crippen molar-refractivity contribution in [3.63, 3.8) is 0 Å². The first-order chi connectivity index (χ1) is 38.6. The lowest BCUT2D eigenvalue weighted by molar-refractivity contribution is 1.28. The van der Waals surface area contributed by atoms with E-state index in [0.717, 1.165) is 50.8 Å². The van der Waals surface area contributed by atoms with Crippen LogP contribution in [0.25, 0.3) is 88.7 Å². The molecule has 0 saturated heterocycles. The molecule has 2 heteroatoms. The Morgan fingerprint density at radius 1 is 0.154 bits per heavy atom. The summed E-state index contributed by atoms with van der Waals surface area (Å²) in [4.78, 5) is 4.74. The topological polar surface area (TPSA) is 6.48 Å². The van der Waals surface area contributed by atoms with Crippen molar-refractivity contribution in [3.8, 4) is 77.9 Å². The number of rotatable bonds is 13. The molecule has 0 radical (unpaired) electrons. The van der Waals surface area contributed by atoms with Gasteiger partial charge in [0, 0.05) is 33.8 Å². The van der Waals surface area contributed by atoms with Gasteiger partial charge in [0.05, 0.1) is 5.69 Å². The molecule has 2 nitrogen and oxygen atoms in total. The largest absolute Gasteiger partial charge is 0.311 e. The van der Waals surface area contributed by atoms with Crippen molar-refractivity contribution >= 4 is 44.9 Å². The van der Waals surface area contributed by atoms with E-state index in [9.17, 15) is 0 Å². The molecule has 0 aliphatic rings. The van der Waals surface area contributed by atoms with E-state index in [0.29, 0.717) is 0 Å². The smallest absolute Gasteiger partial charge is 0.0540 e. The van der Waals surface area contributed by atoms with Crippen LogP contribution in [0.2, 0.25) is 0 Å². The van der Waals surface area contributed by atoms with E-state index >= 15 is 0 Å². The van der Waals surface area contributed by atoms with Crippen LogP contribution >= 0.6 is 0 Å². The molecule has 0 heterocycles. The quantitative estimate of drug-likeness (QED) is 0.114. The molecule has 368 valence electrons. The highest BCUT2D eigenvalue weighted by atomic mass is 15.1. The molecule has 0 aliphatic heterocycles. The molecule has 13 aromatic rings. The Hall–Kier alpha value is -10.3. The third kappa shape index (κ3) is 9.90. The lowest BCUT2D eigenvalue weighted by atomic mass is 9.93. The minimum absolute atomic E-state index is 1.08. The van der Waals surface area contributed by atoms with Crippen molar-refractivity contribution < 1.29 is 0 Å². The molecule has 0 bridgehead atoms. The molecule has 13 rings (SSSR count). The molecular weight excluding hydrogens is 941 g/mol. The molecule has 13 aromatic carbocycles. The normalized spacial score (nSPS) is 11.1. The first-order valence-electron chi connectivity index (χ1n) is 26.7. The summed E-state index contributed by atoms with van der Waals surface area (Å²) < 4.78 is 0. The number of hydrogen-bond donors (Lipinski definition) is 0. The van der Waals surface area contributed by atoms with Crippen molar-refractivity contribution in [2.75, 3.05) is 9.80 Å². The molecule has 0 fully saturated rings. The highest BCUT2D eigenvalue weighted by Gasteiger charge is 2.18. The first-order valence-corrected chi connectivity index (χ1v) is 26.7. The van der Waals surface area contributed by atoms with Crippen LogP contribution in [0.3, 0.4) is 0 Å². The zero-order valence-electron chi connectivity index (χ0n) is 43.1. The van der Waals surface area contributed by atoms with E-state index in [1.807, 2.05) is 0 Å². The summed E-state index contributed by atoms with van der Waals surface area (Å²) in [6.07, 6.45) is 0. The van der Waals surface area contributed by atoms with Crippen LogP contribution in [0.1, 0.15) is 0 Å². The fraction of sp³-hybridized carbons (Fsp3) is 0. The lowest BCUT2D eigenvalue weighted by Crippen LogP contribution is -2.10. The second kappa shape index (κ2) is 21.5. The van der Waals surface area contributed by atoms with Crippen LogP contribution in [0.15, 0.2) is 328 Å². The van der Waals surface area contributed by atoms with Crippen molar-refractivity contribution in [1.29, 1.82) is 0 Å². The first kappa shape index (κ1) is 47.4. The van der Waals surface area contributed by atoms with Gasteiger partial charge in [-0.25, -0.2) is 0 Å². The average molecular weight is 995 g/mol. The van der Waals surface area contributed by atoms with Gasteiger partial charge < -0.3 is 9.80 Å². The predicted molar refractivity (Wildman–Crippen MR) is 331 cm³/mol. The van der Waals surface area contributed by atoms with Gasteiger partial charge in [0.1, 0.15) is 0 Å². The van der Waals surface area contributed by atoms with Gasteiger partial charge in [-0.15, -0.1) is 0 Å². The maximum atomic E-state index is 2.39. The van der Waals surface area contributed by atoms with E-state index in [1.165, 1.54) is 72.0 Å². The van der Waals surface area contributed by atoms with Crippen LogP contribution in [0.5, 0.6) is 0 Å². The van der Waals surface area contributed by atoms with Crippen LogP contribution in [0, 0.1) is 0 Å². The molecule has 0 saturated carbocycles. The minimum Gasteiger partial charge on any atom is -0.311 e. The average Bonchev–Trinajstić information content (AvgIpc) is 3.53. The van der Waals surface area contributed by atoms with Gasteiger partial charge in [0.2, 0.25) is 0 Å². The third-order valence-corrected chi connectivity index (χ3v) is 14.9.